The van der Waals surface area contributed by atoms with Gasteiger partial charge in [-0.3, -0.25) is 4.98 Å². The first-order chi connectivity index (χ1) is 11.3. The minimum atomic E-state index is 0.624. The van der Waals surface area contributed by atoms with Gasteiger partial charge in [-0.05, 0) is 67.6 Å². The number of rotatable bonds is 2. The number of para-hydroxylation sites is 1. The quantitative estimate of drug-likeness (QED) is 0.747. The standard InChI is InChI=1S/C20H21ClN2/c21-19-17(23-16-4-2-1-3-5-16)11-22-20-15-9-12-6-13(10-15)8-14(7-12)18(19)20/h1-5,11-15,23H,6-10H2. The SMILES string of the molecule is Clc1c(Nc2ccccc2)cnc2c1C1CC3CC(CC2C3)C1. The molecule has 4 aliphatic rings. The van der Waals surface area contributed by atoms with E-state index in [4.69, 9.17) is 16.6 Å². The molecule has 23 heavy (non-hydrogen) atoms. The van der Waals surface area contributed by atoms with Crippen LogP contribution in [0.1, 0.15) is 55.2 Å². The largest absolute Gasteiger partial charge is 0.353 e. The number of nitrogens with one attached hydrogen (secondary N) is 1. The van der Waals surface area contributed by atoms with Crippen LogP contribution in [0.5, 0.6) is 0 Å². The van der Waals surface area contributed by atoms with Gasteiger partial charge in [-0.25, -0.2) is 0 Å². The van der Waals surface area contributed by atoms with Crippen molar-refractivity contribution in [1.29, 1.82) is 0 Å². The molecule has 0 amide bonds. The van der Waals surface area contributed by atoms with Crippen molar-refractivity contribution in [3.05, 3.63) is 52.8 Å². The molecular weight excluding hydrogens is 304 g/mol. The van der Waals surface area contributed by atoms with E-state index in [1.54, 1.807) is 0 Å². The molecule has 1 N–H and O–H groups in total. The Morgan fingerprint density at radius 1 is 0.913 bits per heavy atom. The van der Waals surface area contributed by atoms with Gasteiger partial charge in [0, 0.05) is 17.3 Å². The van der Waals surface area contributed by atoms with E-state index in [1.165, 1.54) is 43.4 Å². The van der Waals surface area contributed by atoms with Crippen molar-refractivity contribution >= 4 is 23.0 Å². The fourth-order valence-electron chi connectivity index (χ4n) is 5.31. The smallest absolute Gasteiger partial charge is 0.0763 e. The molecule has 2 unspecified atom stereocenters. The number of benzene rings is 1. The maximum atomic E-state index is 6.88. The highest BCUT2D eigenvalue weighted by molar-refractivity contribution is 6.34. The van der Waals surface area contributed by atoms with Crippen molar-refractivity contribution in [1.82, 2.24) is 4.98 Å². The van der Waals surface area contributed by atoms with Crippen LogP contribution in [0.3, 0.4) is 0 Å². The number of anilines is 2. The van der Waals surface area contributed by atoms with Crippen LogP contribution in [-0.4, -0.2) is 4.98 Å². The summed E-state index contributed by atoms with van der Waals surface area (Å²) in [5.41, 5.74) is 4.69. The third-order valence-corrected chi connectivity index (χ3v) is 6.47. The Labute approximate surface area is 142 Å². The Bertz CT molecular complexity index is 729. The lowest BCUT2D eigenvalue weighted by Gasteiger charge is -2.38. The second kappa shape index (κ2) is 5.24. The molecule has 6 rings (SSSR count). The molecule has 1 aromatic carbocycles. The molecule has 0 saturated heterocycles. The molecule has 2 nitrogen and oxygen atoms in total. The Hall–Kier alpha value is -1.54. The Morgan fingerprint density at radius 3 is 2.35 bits per heavy atom. The normalized spacial score (nSPS) is 30.8. The van der Waals surface area contributed by atoms with E-state index in [0.717, 1.165) is 28.2 Å². The molecule has 1 heterocycles. The lowest BCUT2D eigenvalue weighted by molar-refractivity contribution is 0.165. The molecule has 0 spiro atoms. The average molecular weight is 325 g/mol. The predicted molar refractivity (Wildman–Crippen MR) is 94.5 cm³/mol. The van der Waals surface area contributed by atoms with E-state index in [1.807, 2.05) is 24.4 Å². The third kappa shape index (κ3) is 2.27. The summed E-state index contributed by atoms with van der Waals surface area (Å²) < 4.78 is 0. The summed E-state index contributed by atoms with van der Waals surface area (Å²) in [5.74, 6) is 3.06. The number of hydrogen-bond acceptors (Lipinski definition) is 2. The highest BCUT2D eigenvalue weighted by Gasteiger charge is 2.43. The van der Waals surface area contributed by atoms with Crippen LogP contribution in [0.2, 0.25) is 5.02 Å². The molecule has 3 heteroatoms. The fraction of sp³-hybridized carbons (Fsp3) is 0.450. The summed E-state index contributed by atoms with van der Waals surface area (Å²) in [4.78, 5) is 4.89. The maximum absolute atomic E-state index is 6.88. The molecule has 2 fully saturated rings. The molecule has 4 aliphatic carbocycles. The van der Waals surface area contributed by atoms with Crippen molar-refractivity contribution in [2.24, 2.45) is 11.8 Å². The first-order valence-electron chi connectivity index (χ1n) is 8.78. The van der Waals surface area contributed by atoms with Crippen molar-refractivity contribution in [2.45, 2.75) is 43.9 Å². The fourth-order valence-corrected chi connectivity index (χ4v) is 5.65. The Kier molecular flexibility index (Phi) is 3.16. The molecule has 0 radical (unpaired) electrons. The topological polar surface area (TPSA) is 24.9 Å². The number of halogens is 1. The van der Waals surface area contributed by atoms with E-state index in [2.05, 4.69) is 17.4 Å². The average Bonchev–Trinajstić information content (AvgIpc) is 2.73. The van der Waals surface area contributed by atoms with Crippen LogP contribution in [0.15, 0.2) is 36.5 Å². The van der Waals surface area contributed by atoms with Crippen LogP contribution < -0.4 is 5.32 Å². The van der Waals surface area contributed by atoms with Crippen LogP contribution in [0, 0.1) is 11.8 Å². The molecule has 0 aliphatic heterocycles. The molecule has 4 bridgehead atoms. The van der Waals surface area contributed by atoms with Gasteiger partial charge >= 0.3 is 0 Å². The molecular formula is C20H21ClN2. The summed E-state index contributed by atoms with van der Waals surface area (Å²) in [5, 5.41) is 4.36. The minimum Gasteiger partial charge on any atom is -0.353 e. The number of hydrogen-bond donors (Lipinski definition) is 1. The van der Waals surface area contributed by atoms with Gasteiger partial charge in [0.15, 0.2) is 0 Å². The van der Waals surface area contributed by atoms with Crippen LogP contribution in [-0.2, 0) is 0 Å². The molecule has 2 atom stereocenters. The van der Waals surface area contributed by atoms with E-state index < -0.39 is 0 Å². The maximum Gasteiger partial charge on any atom is 0.0763 e. The van der Waals surface area contributed by atoms with Gasteiger partial charge in [0.1, 0.15) is 0 Å². The van der Waals surface area contributed by atoms with E-state index in [0.29, 0.717) is 11.8 Å². The number of aromatic nitrogens is 1. The molecule has 118 valence electrons. The zero-order valence-electron chi connectivity index (χ0n) is 13.1. The Balaban J connectivity index is 1.58. The summed E-state index contributed by atoms with van der Waals surface area (Å²) in [7, 11) is 0. The summed E-state index contributed by atoms with van der Waals surface area (Å²) in [6.07, 6.45) is 8.67. The van der Waals surface area contributed by atoms with Crippen molar-refractivity contribution < 1.29 is 0 Å². The molecule has 2 saturated carbocycles. The second-order valence-electron chi connectivity index (χ2n) is 7.58. The first kappa shape index (κ1) is 13.9. The number of nitrogens with zero attached hydrogens (tertiary/aromatic N) is 1. The lowest BCUT2D eigenvalue weighted by atomic mass is 9.67. The monoisotopic (exact) mass is 324 g/mol. The molecule has 2 aromatic rings. The van der Waals surface area contributed by atoms with Gasteiger partial charge in [0.25, 0.3) is 0 Å². The van der Waals surface area contributed by atoms with Gasteiger partial charge in [0.2, 0.25) is 0 Å². The van der Waals surface area contributed by atoms with Crippen LogP contribution in [0.25, 0.3) is 0 Å². The van der Waals surface area contributed by atoms with Gasteiger partial charge in [-0.15, -0.1) is 0 Å². The van der Waals surface area contributed by atoms with Crippen LogP contribution in [0.4, 0.5) is 11.4 Å². The van der Waals surface area contributed by atoms with Crippen molar-refractivity contribution in [3.8, 4) is 0 Å². The second-order valence-corrected chi connectivity index (χ2v) is 7.96. The van der Waals surface area contributed by atoms with E-state index in [9.17, 15) is 0 Å². The molecule has 1 aromatic heterocycles. The third-order valence-electron chi connectivity index (χ3n) is 6.07. The van der Waals surface area contributed by atoms with Crippen molar-refractivity contribution in [2.75, 3.05) is 5.32 Å². The van der Waals surface area contributed by atoms with E-state index in [-0.39, 0.29) is 0 Å². The van der Waals surface area contributed by atoms with Gasteiger partial charge in [-0.2, -0.15) is 0 Å². The van der Waals surface area contributed by atoms with Gasteiger partial charge in [0.05, 0.1) is 16.9 Å². The zero-order valence-corrected chi connectivity index (χ0v) is 13.9. The Morgan fingerprint density at radius 2 is 1.61 bits per heavy atom. The minimum absolute atomic E-state index is 0.624. The first-order valence-corrected chi connectivity index (χ1v) is 9.16. The highest BCUT2D eigenvalue weighted by atomic mass is 35.5. The summed E-state index contributed by atoms with van der Waals surface area (Å²) >= 11 is 6.88. The lowest BCUT2D eigenvalue weighted by Crippen LogP contribution is -2.25. The van der Waals surface area contributed by atoms with Crippen LogP contribution >= 0.6 is 11.6 Å². The number of pyridine rings is 1. The summed E-state index contributed by atoms with van der Waals surface area (Å²) in [6.45, 7) is 0. The summed E-state index contributed by atoms with van der Waals surface area (Å²) in [6, 6.07) is 10.2. The van der Waals surface area contributed by atoms with E-state index >= 15 is 0 Å². The van der Waals surface area contributed by atoms with Gasteiger partial charge in [-0.1, -0.05) is 29.8 Å². The predicted octanol–water partition coefficient (Wildman–Crippen LogP) is 5.87. The highest BCUT2D eigenvalue weighted by Crippen LogP contribution is 2.57. The van der Waals surface area contributed by atoms with Gasteiger partial charge < -0.3 is 5.32 Å². The zero-order chi connectivity index (χ0) is 15.4. The van der Waals surface area contributed by atoms with Crippen molar-refractivity contribution in [3.63, 3.8) is 0 Å².